The molecule has 4 heteroatoms. The minimum absolute atomic E-state index is 0.694. The predicted molar refractivity (Wildman–Crippen MR) is 231 cm³/mol. The highest BCUT2D eigenvalue weighted by atomic mass is 14.9. The number of benzene rings is 8. The molecule has 10 aromatic rings. The maximum absolute atomic E-state index is 5.24. The molecule has 0 saturated carbocycles. The highest BCUT2D eigenvalue weighted by Gasteiger charge is 2.15. The molecule has 2 aromatic heterocycles. The third-order valence-corrected chi connectivity index (χ3v) is 10.3. The number of aromatic nitrogens is 4. The average molecular weight is 715 g/mol. The van der Waals surface area contributed by atoms with E-state index < -0.39 is 0 Å². The van der Waals surface area contributed by atoms with Crippen molar-refractivity contribution in [2.24, 2.45) is 0 Å². The van der Waals surface area contributed by atoms with Crippen LogP contribution < -0.4 is 0 Å². The maximum atomic E-state index is 5.24. The van der Waals surface area contributed by atoms with E-state index in [1.54, 1.807) is 0 Å². The van der Waals surface area contributed by atoms with Crippen LogP contribution in [0, 0.1) is 0 Å². The van der Waals surface area contributed by atoms with E-state index in [-0.39, 0.29) is 0 Å². The summed E-state index contributed by atoms with van der Waals surface area (Å²) in [5.74, 6) is 1.40. The third-order valence-electron chi connectivity index (χ3n) is 10.3. The molecule has 2 heterocycles. The van der Waals surface area contributed by atoms with E-state index in [0.717, 1.165) is 83.3 Å². The van der Waals surface area contributed by atoms with Gasteiger partial charge in [0.1, 0.15) is 0 Å². The minimum atomic E-state index is 0.694. The van der Waals surface area contributed by atoms with Crippen LogP contribution in [0.15, 0.2) is 206 Å². The lowest BCUT2D eigenvalue weighted by molar-refractivity contribution is 1.23. The summed E-state index contributed by atoms with van der Waals surface area (Å²) in [7, 11) is 0. The van der Waals surface area contributed by atoms with Crippen LogP contribution in [0.3, 0.4) is 0 Å². The molecule has 0 aliphatic carbocycles. The van der Waals surface area contributed by atoms with Crippen LogP contribution in [0.1, 0.15) is 0 Å². The first-order valence-electron chi connectivity index (χ1n) is 18.8. The molecule has 262 valence electrons. The standard InChI is InChI=1S/C52H34N4/c1-3-15-35(16-4-1)37-19-12-24-42(32-37)50-46-28-8-10-30-48(46)54-52(56-50)44-26-14-23-41(34-44)39-21-11-20-38(31-39)40-22-13-25-43(33-40)51-53-47-29-9-7-27-45(47)49(55-51)36-17-5-2-6-18-36/h1-34H. The Morgan fingerprint density at radius 1 is 0.214 bits per heavy atom. The topological polar surface area (TPSA) is 51.6 Å². The minimum Gasteiger partial charge on any atom is -0.228 e. The first-order chi connectivity index (χ1) is 27.7. The summed E-state index contributed by atoms with van der Waals surface area (Å²) < 4.78 is 0. The molecule has 0 fully saturated rings. The Bertz CT molecular complexity index is 3030. The van der Waals surface area contributed by atoms with Gasteiger partial charge in [-0.2, -0.15) is 0 Å². The Kier molecular flexibility index (Phi) is 8.47. The Hall–Kier alpha value is -7.56. The van der Waals surface area contributed by atoms with Crippen LogP contribution in [0.5, 0.6) is 0 Å². The summed E-state index contributed by atoms with van der Waals surface area (Å²) in [6.45, 7) is 0. The van der Waals surface area contributed by atoms with Crippen molar-refractivity contribution < 1.29 is 0 Å². The van der Waals surface area contributed by atoms with E-state index in [2.05, 4.69) is 164 Å². The normalized spacial score (nSPS) is 11.2. The zero-order valence-corrected chi connectivity index (χ0v) is 30.4. The van der Waals surface area contributed by atoms with Crippen molar-refractivity contribution >= 4 is 21.8 Å². The van der Waals surface area contributed by atoms with Crippen LogP contribution in [-0.4, -0.2) is 19.9 Å². The highest BCUT2D eigenvalue weighted by Crippen LogP contribution is 2.35. The zero-order chi connectivity index (χ0) is 37.3. The van der Waals surface area contributed by atoms with Gasteiger partial charge in [-0.1, -0.05) is 170 Å². The van der Waals surface area contributed by atoms with Crippen LogP contribution in [0.25, 0.3) is 100 Å². The summed E-state index contributed by atoms with van der Waals surface area (Å²) in [5.41, 5.74) is 14.5. The molecule has 0 spiro atoms. The second-order valence-corrected chi connectivity index (χ2v) is 13.9. The van der Waals surface area contributed by atoms with Crippen LogP contribution >= 0.6 is 0 Å². The number of hydrogen-bond acceptors (Lipinski definition) is 4. The second kappa shape index (κ2) is 14.3. The lowest BCUT2D eigenvalue weighted by atomic mass is 9.96. The van der Waals surface area contributed by atoms with Gasteiger partial charge in [-0.05, 0) is 69.8 Å². The van der Waals surface area contributed by atoms with E-state index in [1.807, 2.05) is 42.5 Å². The molecular formula is C52H34N4. The van der Waals surface area contributed by atoms with Crippen LogP contribution in [-0.2, 0) is 0 Å². The Morgan fingerprint density at radius 2 is 0.536 bits per heavy atom. The fraction of sp³-hybridized carbons (Fsp3) is 0. The van der Waals surface area contributed by atoms with Gasteiger partial charge in [-0.25, -0.2) is 19.9 Å². The molecule has 8 aromatic carbocycles. The molecule has 0 atom stereocenters. The number of nitrogens with zero attached hydrogens (tertiary/aromatic N) is 4. The molecule has 0 amide bonds. The Morgan fingerprint density at radius 3 is 1.04 bits per heavy atom. The smallest absolute Gasteiger partial charge is 0.160 e. The van der Waals surface area contributed by atoms with E-state index >= 15 is 0 Å². The van der Waals surface area contributed by atoms with Crippen molar-refractivity contribution in [2.45, 2.75) is 0 Å². The average Bonchev–Trinajstić information content (AvgIpc) is 3.29. The predicted octanol–water partition coefficient (Wildman–Crippen LogP) is 13.2. The largest absolute Gasteiger partial charge is 0.228 e. The van der Waals surface area contributed by atoms with Crippen molar-refractivity contribution in [1.82, 2.24) is 19.9 Å². The molecule has 0 aliphatic heterocycles. The third kappa shape index (κ3) is 6.40. The molecule has 0 N–H and O–H groups in total. The fourth-order valence-corrected chi connectivity index (χ4v) is 7.48. The summed E-state index contributed by atoms with van der Waals surface area (Å²) >= 11 is 0. The number of para-hydroxylation sites is 2. The summed E-state index contributed by atoms with van der Waals surface area (Å²) in [5, 5.41) is 2.06. The van der Waals surface area contributed by atoms with Crippen LogP contribution in [0.2, 0.25) is 0 Å². The molecule has 10 rings (SSSR count). The van der Waals surface area contributed by atoms with Gasteiger partial charge in [0.2, 0.25) is 0 Å². The van der Waals surface area contributed by atoms with Gasteiger partial charge in [-0.3, -0.25) is 0 Å². The Labute approximate surface area is 325 Å². The van der Waals surface area contributed by atoms with E-state index in [1.165, 1.54) is 5.56 Å². The number of hydrogen-bond donors (Lipinski definition) is 0. The van der Waals surface area contributed by atoms with Gasteiger partial charge < -0.3 is 0 Å². The van der Waals surface area contributed by atoms with Gasteiger partial charge in [-0.15, -0.1) is 0 Å². The van der Waals surface area contributed by atoms with Crippen LogP contribution in [0.4, 0.5) is 0 Å². The van der Waals surface area contributed by atoms with Gasteiger partial charge in [0.15, 0.2) is 11.6 Å². The van der Waals surface area contributed by atoms with Crippen molar-refractivity contribution in [2.75, 3.05) is 0 Å². The number of fused-ring (bicyclic) bond motifs is 2. The van der Waals surface area contributed by atoms with Gasteiger partial charge >= 0.3 is 0 Å². The first-order valence-corrected chi connectivity index (χ1v) is 18.8. The van der Waals surface area contributed by atoms with Gasteiger partial charge in [0, 0.05) is 33.0 Å². The first kappa shape index (κ1) is 33.0. The highest BCUT2D eigenvalue weighted by molar-refractivity contribution is 5.95. The van der Waals surface area contributed by atoms with E-state index in [9.17, 15) is 0 Å². The summed E-state index contributed by atoms with van der Waals surface area (Å²) in [6.07, 6.45) is 0. The molecular weight excluding hydrogens is 681 g/mol. The Balaban J connectivity index is 1.01. The van der Waals surface area contributed by atoms with Gasteiger partial charge in [0.05, 0.1) is 22.4 Å². The molecule has 56 heavy (non-hydrogen) atoms. The molecule has 0 bridgehead atoms. The lowest BCUT2D eigenvalue weighted by Crippen LogP contribution is -1.96. The molecule has 0 unspecified atom stereocenters. The summed E-state index contributed by atoms with van der Waals surface area (Å²) in [4.78, 5) is 20.4. The zero-order valence-electron chi connectivity index (χ0n) is 30.4. The lowest BCUT2D eigenvalue weighted by Gasteiger charge is -2.12. The monoisotopic (exact) mass is 714 g/mol. The molecule has 0 radical (unpaired) electrons. The fourth-order valence-electron chi connectivity index (χ4n) is 7.48. The maximum Gasteiger partial charge on any atom is 0.160 e. The molecule has 0 saturated heterocycles. The van der Waals surface area contributed by atoms with Crippen molar-refractivity contribution in [1.29, 1.82) is 0 Å². The van der Waals surface area contributed by atoms with Gasteiger partial charge in [0.25, 0.3) is 0 Å². The molecule has 4 nitrogen and oxygen atoms in total. The van der Waals surface area contributed by atoms with Crippen molar-refractivity contribution in [3.63, 3.8) is 0 Å². The van der Waals surface area contributed by atoms with Crippen molar-refractivity contribution in [3.8, 4) is 78.7 Å². The van der Waals surface area contributed by atoms with E-state index in [4.69, 9.17) is 19.9 Å². The second-order valence-electron chi connectivity index (χ2n) is 13.9. The summed E-state index contributed by atoms with van der Waals surface area (Å²) in [6, 6.07) is 71.6. The number of rotatable bonds is 7. The SMILES string of the molecule is c1ccc(-c2cccc(-c3nc(-c4cccc(-c5cccc(-c6cccc(-c7nc(-c8ccccc8)c8ccccc8n7)c6)c5)c4)nc4ccccc34)c2)cc1. The van der Waals surface area contributed by atoms with Crippen molar-refractivity contribution in [3.05, 3.63) is 206 Å². The molecule has 0 aliphatic rings. The van der Waals surface area contributed by atoms with E-state index in [0.29, 0.717) is 11.6 Å². The quantitative estimate of drug-likeness (QED) is 0.165.